The van der Waals surface area contributed by atoms with Crippen molar-refractivity contribution in [2.24, 2.45) is 7.05 Å². The molecule has 1 aliphatic rings. The lowest BCUT2D eigenvalue weighted by Crippen LogP contribution is -2.46. The lowest BCUT2D eigenvalue weighted by Gasteiger charge is -2.36. The zero-order chi connectivity index (χ0) is 24.7. The summed E-state index contributed by atoms with van der Waals surface area (Å²) in [7, 11) is 1.92. The van der Waals surface area contributed by atoms with Gasteiger partial charge in [-0.15, -0.1) is 0 Å². The van der Waals surface area contributed by atoms with Crippen LogP contribution in [0.15, 0.2) is 24.3 Å². The Morgan fingerprint density at radius 3 is 2.41 bits per heavy atom. The number of hydrogen-bond donors (Lipinski definition) is 2. The van der Waals surface area contributed by atoms with E-state index >= 15 is 0 Å². The van der Waals surface area contributed by atoms with Crippen LogP contribution in [0.1, 0.15) is 35.4 Å². The van der Waals surface area contributed by atoms with Crippen LogP contribution in [0.5, 0.6) is 0 Å². The predicted octanol–water partition coefficient (Wildman–Crippen LogP) is 3.50. The van der Waals surface area contributed by atoms with E-state index < -0.39 is 11.7 Å². The molecule has 7 nitrogen and oxygen atoms in total. The van der Waals surface area contributed by atoms with Crippen LogP contribution < -0.4 is 15.5 Å². The molecule has 2 N–H and O–H groups in total. The van der Waals surface area contributed by atoms with Gasteiger partial charge in [-0.1, -0.05) is 6.07 Å². The molecule has 1 saturated heterocycles. The zero-order valence-electron chi connectivity index (χ0n) is 20.2. The molecule has 2 heterocycles. The van der Waals surface area contributed by atoms with Gasteiger partial charge in [0.2, 0.25) is 0 Å². The van der Waals surface area contributed by atoms with Gasteiger partial charge in [0, 0.05) is 57.7 Å². The number of nitrogens with one attached hydrogen (secondary N) is 2. The van der Waals surface area contributed by atoms with Crippen molar-refractivity contribution in [1.29, 1.82) is 0 Å². The van der Waals surface area contributed by atoms with Crippen molar-refractivity contribution in [3.05, 3.63) is 46.8 Å². The summed E-state index contributed by atoms with van der Waals surface area (Å²) in [6.45, 7) is 9.15. The van der Waals surface area contributed by atoms with E-state index in [1.54, 1.807) is 6.07 Å². The number of aromatic nitrogens is 2. The minimum atomic E-state index is -4.32. The number of amides is 2. The fraction of sp³-hybridized carbons (Fsp3) is 0.583. The Labute approximate surface area is 199 Å². The third kappa shape index (κ3) is 7.12. The van der Waals surface area contributed by atoms with Crippen LogP contribution >= 0.6 is 0 Å². The Hall–Kier alpha value is -2.75. The summed E-state index contributed by atoms with van der Waals surface area (Å²) in [4.78, 5) is 16.3. The summed E-state index contributed by atoms with van der Waals surface area (Å²) in [6.07, 6.45) is -1.73. The molecule has 0 bridgehead atoms. The highest BCUT2D eigenvalue weighted by Gasteiger charge is 2.31. The lowest BCUT2D eigenvalue weighted by molar-refractivity contribution is -0.137. The summed E-state index contributed by atoms with van der Waals surface area (Å²) in [5.74, 6) is 0. The number of piperazine rings is 1. The first-order valence-electron chi connectivity index (χ1n) is 11.8. The van der Waals surface area contributed by atoms with Gasteiger partial charge in [0.15, 0.2) is 0 Å². The van der Waals surface area contributed by atoms with E-state index in [2.05, 4.69) is 20.6 Å². The first-order valence-corrected chi connectivity index (χ1v) is 11.8. The molecule has 0 saturated carbocycles. The average molecular weight is 481 g/mol. The fourth-order valence-corrected chi connectivity index (χ4v) is 4.31. The second-order valence-electron chi connectivity index (χ2n) is 8.79. The van der Waals surface area contributed by atoms with E-state index in [9.17, 15) is 18.0 Å². The van der Waals surface area contributed by atoms with Gasteiger partial charge in [-0.05, 0) is 63.4 Å². The maximum absolute atomic E-state index is 13.0. The molecule has 0 unspecified atom stereocenters. The Balaban J connectivity index is 1.27. The number of rotatable bonds is 9. The average Bonchev–Trinajstić information content (AvgIpc) is 3.04. The number of hydrogen-bond acceptors (Lipinski definition) is 4. The highest BCUT2D eigenvalue weighted by molar-refractivity contribution is 5.73. The quantitative estimate of drug-likeness (QED) is 0.540. The first-order chi connectivity index (χ1) is 16.1. The molecule has 0 atom stereocenters. The molecule has 0 spiro atoms. The standard InChI is InChI=1S/C24H35F3N6O/c1-18-22(19(2)31(3)30-18)9-11-29-23(34)28-10-4-5-12-32-13-15-33(16-14-32)21-8-6-7-20(17-21)24(25,26)27/h6-8,17H,4-5,9-16H2,1-3H3,(H2,28,29,34). The highest BCUT2D eigenvalue weighted by atomic mass is 19.4. The maximum Gasteiger partial charge on any atom is 0.416 e. The molecule has 1 aliphatic heterocycles. The van der Waals surface area contributed by atoms with E-state index in [1.165, 1.54) is 17.7 Å². The normalized spacial score (nSPS) is 14.9. The van der Waals surface area contributed by atoms with Crippen LogP contribution in [-0.2, 0) is 19.6 Å². The number of benzene rings is 1. The number of urea groups is 1. The van der Waals surface area contributed by atoms with E-state index in [0.717, 1.165) is 56.4 Å². The largest absolute Gasteiger partial charge is 0.416 e. The van der Waals surface area contributed by atoms with E-state index in [1.807, 2.05) is 30.5 Å². The monoisotopic (exact) mass is 480 g/mol. The van der Waals surface area contributed by atoms with Gasteiger partial charge in [-0.3, -0.25) is 9.58 Å². The maximum atomic E-state index is 13.0. The third-order valence-corrected chi connectivity index (χ3v) is 6.42. The van der Waals surface area contributed by atoms with Gasteiger partial charge in [0.05, 0.1) is 11.3 Å². The third-order valence-electron chi connectivity index (χ3n) is 6.42. The number of halogens is 3. The molecule has 1 fully saturated rings. The smallest absolute Gasteiger partial charge is 0.369 e. The Morgan fingerprint density at radius 1 is 1.06 bits per heavy atom. The van der Waals surface area contributed by atoms with Crippen molar-refractivity contribution >= 4 is 11.7 Å². The number of nitrogens with zero attached hydrogens (tertiary/aromatic N) is 4. The molecule has 2 amide bonds. The van der Waals surface area contributed by atoms with E-state index in [0.29, 0.717) is 31.9 Å². The number of unbranched alkanes of at least 4 members (excludes halogenated alkanes) is 1. The summed E-state index contributed by atoms with van der Waals surface area (Å²) in [5, 5.41) is 10.2. The van der Waals surface area contributed by atoms with Crippen molar-refractivity contribution in [3.8, 4) is 0 Å². The molecular weight excluding hydrogens is 445 g/mol. The summed E-state index contributed by atoms with van der Waals surface area (Å²) < 4.78 is 40.7. The van der Waals surface area contributed by atoms with Crippen molar-refractivity contribution < 1.29 is 18.0 Å². The fourth-order valence-electron chi connectivity index (χ4n) is 4.31. The van der Waals surface area contributed by atoms with Crippen molar-refractivity contribution in [3.63, 3.8) is 0 Å². The molecule has 0 radical (unpaired) electrons. The summed E-state index contributed by atoms with van der Waals surface area (Å²) >= 11 is 0. The van der Waals surface area contributed by atoms with Crippen LogP contribution in [0.25, 0.3) is 0 Å². The second kappa shape index (κ2) is 11.6. The SMILES string of the molecule is Cc1nn(C)c(C)c1CCNC(=O)NCCCCN1CCN(c2cccc(C(F)(F)F)c2)CC1. The van der Waals surface area contributed by atoms with Gasteiger partial charge in [-0.25, -0.2) is 4.79 Å². The number of alkyl halides is 3. The minimum absolute atomic E-state index is 0.158. The van der Waals surface area contributed by atoms with E-state index in [-0.39, 0.29) is 6.03 Å². The van der Waals surface area contributed by atoms with Crippen molar-refractivity contribution in [2.45, 2.75) is 39.3 Å². The minimum Gasteiger partial charge on any atom is -0.369 e. The molecule has 1 aromatic heterocycles. The molecule has 34 heavy (non-hydrogen) atoms. The second-order valence-corrected chi connectivity index (χ2v) is 8.79. The molecular formula is C24H35F3N6O. The Kier molecular flexibility index (Phi) is 8.82. The number of anilines is 1. The van der Waals surface area contributed by atoms with Gasteiger partial charge >= 0.3 is 12.2 Å². The Bertz CT molecular complexity index is 951. The first kappa shape index (κ1) is 25.9. The van der Waals surface area contributed by atoms with Gasteiger partial charge < -0.3 is 15.5 Å². The van der Waals surface area contributed by atoms with Gasteiger partial charge in [0.25, 0.3) is 0 Å². The molecule has 10 heteroatoms. The molecule has 2 aromatic rings. The van der Waals surface area contributed by atoms with Crippen LogP contribution in [-0.4, -0.2) is 66.5 Å². The topological polar surface area (TPSA) is 65.4 Å². The van der Waals surface area contributed by atoms with Crippen LogP contribution in [0.2, 0.25) is 0 Å². The molecule has 188 valence electrons. The number of carbonyl (C=O) groups is 1. The zero-order valence-corrected chi connectivity index (χ0v) is 20.2. The van der Waals surface area contributed by atoms with Crippen LogP contribution in [0, 0.1) is 13.8 Å². The predicted molar refractivity (Wildman–Crippen MR) is 127 cm³/mol. The summed E-state index contributed by atoms with van der Waals surface area (Å²) in [6, 6.07) is 5.38. The van der Waals surface area contributed by atoms with E-state index in [4.69, 9.17) is 0 Å². The van der Waals surface area contributed by atoms with Crippen LogP contribution in [0.3, 0.4) is 0 Å². The lowest BCUT2D eigenvalue weighted by atomic mass is 10.1. The number of carbonyl (C=O) groups excluding carboxylic acids is 1. The number of aryl methyl sites for hydroxylation is 2. The highest BCUT2D eigenvalue weighted by Crippen LogP contribution is 2.31. The summed E-state index contributed by atoms with van der Waals surface area (Å²) in [5.41, 5.74) is 3.31. The van der Waals surface area contributed by atoms with Gasteiger partial charge in [-0.2, -0.15) is 18.3 Å². The molecule has 0 aliphatic carbocycles. The van der Waals surface area contributed by atoms with Crippen LogP contribution in [0.4, 0.5) is 23.7 Å². The molecule has 1 aromatic carbocycles. The van der Waals surface area contributed by atoms with Crippen molar-refractivity contribution in [1.82, 2.24) is 25.3 Å². The van der Waals surface area contributed by atoms with Gasteiger partial charge in [0.1, 0.15) is 0 Å². The molecule has 3 rings (SSSR count). The Morgan fingerprint density at radius 2 is 1.76 bits per heavy atom. The van der Waals surface area contributed by atoms with Crippen molar-refractivity contribution in [2.75, 3.05) is 50.7 Å².